The molecule has 0 radical (unpaired) electrons. The first-order valence-electron chi connectivity index (χ1n) is 15.0. The minimum absolute atomic E-state index is 0.266. The van der Waals surface area contributed by atoms with Crippen molar-refractivity contribution in [1.29, 1.82) is 0 Å². The number of benzene rings is 1. The number of nitrogens with zero attached hydrogens (tertiary/aromatic N) is 6. The van der Waals surface area contributed by atoms with Crippen molar-refractivity contribution in [3.63, 3.8) is 0 Å². The highest BCUT2D eigenvalue weighted by Crippen LogP contribution is 2.39. The highest BCUT2D eigenvalue weighted by atomic mass is 16.6. The predicted molar refractivity (Wildman–Crippen MR) is 155 cm³/mol. The van der Waals surface area contributed by atoms with Crippen molar-refractivity contribution in [1.82, 2.24) is 34.4 Å². The van der Waals surface area contributed by atoms with Crippen LogP contribution >= 0.6 is 0 Å². The lowest BCUT2D eigenvalue weighted by molar-refractivity contribution is -0.0620. The van der Waals surface area contributed by atoms with Crippen LogP contribution in [0.5, 0.6) is 0 Å². The Labute approximate surface area is 239 Å². The van der Waals surface area contributed by atoms with Crippen LogP contribution in [0, 0.1) is 5.92 Å². The molecule has 1 aromatic carbocycles. The molecule has 4 atom stereocenters. The molecule has 11 heteroatoms. The number of rotatable bonds is 9. The largest absolute Gasteiger partial charge is 0.387 e. The van der Waals surface area contributed by atoms with Crippen LogP contribution in [0.2, 0.25) is 0 Å². The maximum absolute atomic E-state index is 10.9. The highest BCUT2D eigenvalue weighted by molar-refractivity contribution is 5.81. The SMILES string of the molecule is CC(C)N(C[C@H]1O[C@@H](n2cnc3c(N)ncnc32)[C@H](O)[C@@H]1O)C1CC(CCc2nc3cc(C4CCC4)ccc3[nH]2)C1. The van der Waals surface area contributed by atoms with Gasteiger partial charge in [0.2, 0.25) is 0 Å². The molecule has 3 aliphatic rings. The van der Waals surface area contributed by atoms with Gasteiger partial charge in [-0.2, -0.15) is 0 Å². The van der Waals surface area contributed by atoms with Crippen molar-refractivity contribution < 1.29 is 14.9 Å². The highest BCUT2D eigenvalue weighted by Gasteiger charge is 2.46. The van der Waals surface area contributed by atoms with E-state index in [1.807, 2.05) is 0 Å². The van der Waals surface area contributed by atoms with Gasteiger partial charge in [-0.3, -0.25) is 9.47 Å². The summed E-state index contributed by atoms with van der Waals surface area (Å²) in [5.41, 5.74) is 10.5. The quantitative estimate of drug-likeness (QED) is 0.242. The van der Waals surface area contributed by atoms with E-state index in [1.165, 1.54) is 37.5 Å². The number of aliphatic hydroxyl groups is 2. The maximum Gasteiger partial charge on any atom is 0.167 e. The molecular formula is C30H40N8O3. The van der Waals surface area contributed by atoms with Gasteiger partial charge in [-0.05, 0) is 75.5 Å². The van der Waals surface area contributed by atoms with Gasteiger partial charge < -0.3 is 25.7 Å². The Morgan fingerprint density at radius 3 is 2.73 bits per heavy atom. The summed E-state index contributed by atoms with van der Waals surface area (Å²) in [6, 6.07) is 7.44. The normalized spacial score (nSPS) is 28.6. The number of H-pyrrole nitrogens is 1. The fourth-order valence-electron chi connectivity index (χ4n) is 6.89. The molecule has 0 spiro atoms. The Morgan fingerprint density at radius 1 is 1.15 bits per heavy atom. The Kier molecular flexibility index (Phi) is 6.93. The van der Waals surface area contributed by atoms with Crippen LogP contribution in [0.3, 0.4) is 0 Å². The number of fused-ring (bicyclic) bond motifs is 2. The second-order valence-corrected chi connectivity index (χ2v) is 12.5. The van der Waals surface area contributed by atoms with Crippen LogP contribution in [0.25, 0.3) is 22.2 Å². The minimum atomic E-state index is -1.11. The molecule has 2 saturated carbocycles. The summed E-state index contributed by atoms with van der Waals surface area (Å²) >= 11 is 0. The molecule has 218 valence electrons. The monoisotopic (exact) mass is 560 g/mol. The lowest BCUT2D eigenvalue weighted by Crippen LogP contribution is -2.52. The molecule has 5 N–H and O–H groups in total. The minimum Gasteiger partial charge on any atom is -0.387 e. The number of hydrogen-bond acceptors (Lipinski definition) is 9. The summed E-state index contributed by atoms with van der Waals surface area (Å²) < 4.78 is 7.87. The number of nitrogens with one attached hydrogen (secondary N) is 1. The Bertz CT molecular complexity index is 1520. The first kappa shape index (κ1) is 26.8. The fourth-order valence-corrected chi connectivity index (χ4v) is 6.89. The molecule has 3 fully saturated rings. The average Bonchev–Trinajstić information content (AvgIpc) is 3.58. The summed E-state index contributed by atoms with van der Waals surface area (Å²) in [7, 11) is 0. The van der Waals surface area contributed by atoms with E-state index >= 15 is 0 Å². The topological polar surface area (TPSA) is 151 Å². The van der Waals surface area contributed by atoms with Crippen LogP contribution < -0.4 is 5.73 Å². The summed E-state index contributed by atoms with van der Waals surface area (Å²) in [4.78, 5) is 23.4. The van der Waals surface area contributed by atoms with Gasteiger partial charge >= 0.3 is 0 Å². The van der Waals surface area contributed by atoms with Crippen LogP contribution in [-0.4, -0.2) is 81.5 Å². The van der Waals surface area contributed by atoms with Crippen molar-refractivity contribution in [2.24, 2.45) is 5.92 Å². The number of nitrogen functional groups attached to an aromatic ring is 1. The Balaban J connectivity index is 0.953. The van der Waals surface area contributed by atoms with E-state index in [9.17, 15) is 10.2 Å². The van der Waals surface area contributed by atoms with Crippen molar-refractivity contribution in [3.8, 4) is 0 Å². The standard InChI is InChI=1S/C30H40N8O3/c1-16(2)37(13-23-26(39)27(40)30(41-23)38-15-34-25-28(31)32-14-33-29(25)38)20-10-17(11-20)6-9-24-35-21-8-7-19(12-22(21)36-24)18-4-3-5-18/h7-8,12,14-18,20,23,26-27,30,39-40H,3-6,9-11,13H2,1-2H3,(H,35,36)(H2,31,32,33)/t17?,20?,23-,26-,27-,30-/m1/s1. The van der Waals surface area contributed by atoms with Gasteiger partial charge in [-0.15, -0.1) is 0 Å². The number of ether oxygens (including phenoxy) is 1. The zero-order valence-corrected chi connectivity index (χ0v) is 23.7. The lowest BCUT2D eigenvalue weighted by atomic mass is 9.76. The molecular weight excluding hydrogens is 520 g/mol. The molecule has 3 aromatic heterocycles. The second kappa shape index (κ2) is 10.6. The molecule has 7 rings (SSSR count). The number of aryl methyl sites for hydroxylation is 1. The van der Waals surface area contributed by atoms with Crippen molar-refractivity contribution in [3.05, 3.63) is 42.2 Å². The van der Waals surface area contributed by atoms with Gasteiger partial charge in [0.15, 0.2) is 17.7 Å². The summed E-state index contributed by atoms with van der Waals surface area (Å²) in [6.07, 6.45) is 7.68. The lowest BCUT2D eigenvalue weighted by Gasteiger charge is -2.46. The van der Waals surface area contributed by atoms with Gasteiger partial charge in [-0.1, -0.05) is 12.5 Å². The van der Waals surface area contributed by atoms with Crippen LogP contribution in [0.4, 0.5) is 5.82 Å². The molecule has 41 heavy (non-hydrogen) atoms. The summed E-state index contributed by atoms with van der Waals surface area (Å²) in [5, 5.41) is 21.8. The number of aliphatic hydroxyl groups excluding tert-OH is 2. The van der Waals surface area contributed by atoms with E-state index in [0.717, 1.165) is 48.5 Å². The molecule has 0 bridgehead atoms. The molecule has 0 amide bonds. The third-order valence-corrected chi connectivity index (χ3v) is 9.65. The molecule has 4 heterocycles. The zero-order chi connectivity index (χ0) is 28.2. The molecule has 0 unspecified atom stereocenters. The third kappa shape index (κ3) is 4.88. The maximum atomic E-state index is 10.9. The van der Waals surface area contributed by atoms with Gasteiger partial charge in [0.25, 0.3) is 0 Å². The van der Waals surface area contributed by atoms with E-state index in [2.05, 4.69) is 56.9 Å². The van der Waals surface area contributed by atoms with E-state index < -0.39 is 24.5 Å². The molecule has 1 saturated heterocycles. The van der Waals surface area contributed by atoms with Gasteiger partial charge in [0, 0.05) is 25.0 Å². The molecule has 11 nitrogen and oxygen atoms in total. The summed E-state index contributed by atoms with van der Waals surface area (Å²) in [5.74, 6) is 2.72. The Hall–Kier alpha value is -3.12. The molecule has 2 aliphatic carbocycles. The van der Waals surface area contributed by atoms with Crippen molar-refractivity contribution in [2.45, 2.75) is 101 Å². The first-order valence-corrected chi connectivity index (χ1v) is 15.0. The van der Waals surface area contributed by atoms with Crippen LogP contribution in [0.1, 0.15) is 75.9 Å². The second-order valence-electron chi connectivity index (χ2n) is 12.5. The fraction of sp³-hybridized carbons (Fsp3) is 0.600. The smallest absolute Gasteiger partial charge is 0.167 e. The van der Waals surface area contributed by atoms with Gasteiger partial charge in [-0.25, -0.2) is 19.9 Å². The van der Waals surface area contributed by atoms with Crippen LogP contribution in [-0.2, 0) is 11.2 Å². The number of imidazole rings is 2. The molecule has 1 aliphatic heterocycles. The number of nitrogens with two attached hydrogens (primary N) is 1. The average molecular weight is 561 g/mol. The van der Waals surface area contributed by atoms with Crippen molar-refractivity contribution in [2.75, 3.05) is 12.3 Å². The van der Waals surface area contributed by atoms with Gasteiger partial charge in [0.05, 0.1) is 17.4 Å². The first-order chi connectivity index (χ1) is 19.9. The van der Waals surface area contributed by atoms with E-state index in [1.54, 1.807) is 4.57 Å². The number of aromatic amines is 1. The summed E-state index contributed by atoms with van der Waals surface area (Å²) in [6.45, 7) is 4.90. The number of hydrogen-bond donors (Lipinski definition) is 4. The number of aromatic nitrogens is 6. The van der Waals surface area contributed by atoms with Gasteiger partial charge in [0.1, 0.15) is 36.0 Å². The molecule has 4 aromatic rings. The van der Waals surface area contributed by atoms with Crippen LogP contribution in [0.15, 0.2) is 30.9 Å². The Morgan fingerprint density at radius 2 is 1.98 bits per heavy atom. The van der Waals surface area contributed by atoms with E-state index in [4.69, 9.17) is 15.5 Å². The number of anilines is 1. The van der Waals surface area contributed by atoms with Crippen molar-refractivity contribution >= 4 is 28.0 Å². The van der Waals surface area contributed by atoms with E-state index in [-0.39, 0.29) is 11.9 Å². The predicted octanol–water partition coefficient (Wildman–Crippen LogP) is 3.29. The van der Waals surface area contributed by atoms with E-state index in [0.29, 0.717) is 29.7 Å². The zero-order valence-electron chi connectivity index (χ0n) is 23.7. The third-order valence-electron chi connectivity index (χ3n) is 9.65.